The first kappa shape index (κ1) is 14.6. The van der Waals surface area contributed by atoms with E-state index in [0.29, 0.717) is 0 Å². The van der Waals surface area contributed by atoms with Crippen LogP contribution in [0.4, 0.5) is 48.3 Å². The summed E-state index contributed by atoms with van der Waals surface area (Å²) in [5.74, 6) is -39.9. The number of hydrogen-bond acceptors (Lipinski definition) is 0. The minimum absolute atomic E-state index is 4.50. The summed E-state index contributed by atoms with van der Waals surface area (Å²) in [5, 5.41) is 0. The van der Waals surface area contributed by atoms with Crippen LogP contribution in [0.2, 0.25) is 0 Å². The van der Waals surface area contributed by atoms with Gasteiger partial charge in [-0.05, 0) is 0 Å². The Morgan fingerprint density at radius 3 is 1.11 bits per heavy atom. The van der Waals surface area contributed by atoms with Crippen LogP contribution in [0, 0.1) is 11.8 Å². The molecule has 3 rings (SSSR count). The molecule has 0 amide bonds. The van der Waals surface area contributed by atoms with Crippen molar-refractivity contribution in [2.24, 2.45) is 11.8 Å². The van der Waals surface area contributed by atoms with Gasteiger partial charge in [0, 0.05) is 0 Å². The molecule has 3 aliphatic carbocycles. The highest BCUT2D eigenvalue weighted by atomic mass is 19.3. The molecule has 0 aliphatic heterocycles. The molecule has 0 saturated heterocycles. The standard InChI is InChI=1S/C8H3F11/c9-2-1-5(12,13)7(16,17)3(4(2,10)11)8(18,19)6(1,14)15/h1-3H. The summed E-state index contributed by atoms with van der Waals surface area (Å²) in [7, 11) is 0. The maximum absolute atomic E-state index is 13.0. The highest BCUT2D eigenvalue weighted by Crippen LogP contribution is 2.73. The lowest BCUT2D eigenvalue weighted by atomic mass is 9.58. The molecule has 0 aromatic heterocycles. The first-order chi connectivity index (χ1) is 8.14. The predicted molar refractivity (Wildman–Crippen MR) is 36.6 cm³/mol. The molecule has 1 atom stereocenters. The monoisotopic (exact) mass is 308 g/mol. The van der Waals surface area contributed by atoms with Crippen molar-refractivity contribution < 1.29 is 48.3 Å². The fourth-order valence-electron chi connectivity index (χ4n) is 2.49. The third-order valence-electron chi connectivity index (χ3n) is 3.44. The molecule has 112 valence electrons. The zero-order valence-electron chi connectivity index (χ0n) is 8.39. The number of alkyl halides is 11. The van der Waals surface area contributed by atoms with Gasteiger partial charge in [-0.25, -0.2) is 13.2 Å². The molecule has 0 heterocycles. The van der Waals surface area contributed by atoms with E-state index in [-0.39, 0.29) is 0 Å². The molecule has 3 aliphatic rings. The SMILES string of the molecule is FC1C2C(F)(F)C(F)(F)C(C1(F)F)C(F)(F)C2(F)F. The Morgan fingerprint density at radius 1 is 0.526 bits per heavy atom. The van der Waals surface area contributed by atoms with Crippen molar-refractivity contribution in [3.05, 3.63) is 0 Å². The fourth-order valence-corrected chi connectivity index (χ4v) is 2.49. The van der Waals surface area contributed by atoms with Crippen LogP contribution in [0.25, 0.3) is 0 Å². The van der Waals surface area contributed by atoms with E-state index in [9.17, 15) is 48.3 Å². The van der Waals surface area contributed by atoms with Crippen molar-refractivity contribution in [3.8, 4) is 0 Å². The highest BCUT2D eigenvalue weighted by Gasteiger charge is 2.97. The Labute approximate surface area is 97.1 Å². The molecule has 0 nitrogen and oxygen atoms in total. The molecular weight excluding hydrogens is 305 g/mol. The summed E-state index contributed by atoms with van der Waals surface area (Å²) < 4.78 is 143. The van der Waals surface area contributed by atoms with Gasteiger partial charge in [0.25, 0.3) is 5.92 Å². The summed E-state index contributed by atoms with van der Waals surface area (Å²) in [6, 6.07) is 0. The summed E-state index contributed by atoms with van der Waals surface area (Å²) in [6.45, 7) is 0. The van der Waals surface area contributed by atoms with Crippen molar-refractivity contribution in [1.29, 1.82) is 0 Å². The van der Waals surface area contributed by atoms with E-state index in [1.165, 1.54) is 0 Å². The van der Waals surface area contributed by atoms with Crippen LogP contribution in [-0.2, 0) is 0 Å². The molecule has 0 radical (unpaired) electrons. The molecule has 0 aromatic rings. The molecule has 3 saturated carbocycles. The molecule has 1 unspecified atom stereocenters. The Morgan fingerprint density at radius 2 is 0.842 bits per heavy atom. The zero-order chi connectivity index (χ0) is 15.2. The van der Waals surface area contributed by atoms with Gasteiger partial charge in [0.15, 0.2) is 12.1 Å². The number of halogens is 11. The lowest BCUT2D eigenvalue weighted by Crippen LogP contribution is -2.83. The third kappa shape index (κ3) is 1.22. The second kappa shape index (κ2) is 3.11. The van der Waals surface area contributed by atoms with E-state index >= 15 is 0 Å². The van der Waals surface area contributed by atoms with Crippen molar-refractivity contribution in [2.75, 3.05) is 0 Å². The van der Waals surface area contributed by atoms with E-state index in [1.807, 2.05) is 0 Å². The van der Waals surface area contributed by atoms with Gasteiger partial charge in [-0.2, -0.15) is 35.1 Å². The van der Waals surface area contributed by atoms with Gasteiger partial charge in [0.1, 0.15) is 5.92 Å². The molecule has 0 spiro atoms. The molecule has 0 N–H and O–H groups in total. The van der Waals surface area contributed by atoms with Crippen LogP contribution < -0.4 is 0 Å². The third-order valence-corrected chi connectivity index (χ3v) is 3.44. The van der Waals surface area contributed by atoms with E-state index in [1.54, 1.807) is 0 Å². The van der Waals surface area contributed by atoms with Crippen LogP contribution >= 0.6 is 0 Å². The minimum Gasteiger partial charge on any atom is -0.240 e. The predicted octanol–water partition coefficient (Wildman–Crippen LogP) is 3.76. The van der Waals surface area contributed by atoms with Crippen LogP contribution in [0.3, 0.4) is 0 Å². The molecule has 19 heavy (non-hydrogen) atoms. The lowest BCUT2D eigenvalue weighted by Gasteiger charge is -2.58. The first-order valence-corrected chi connectivity index (χ1v) is 4.67. The van der Waals surface area contributed by atoms with Crippen LogP contribution in [0.15, 0.2) is 0 Å². The zero-order valence-corrected chi connectivity index (χ0v) is 8.39. The maximum Gasteiger partial charge on any atom is 0.325 e. The minimum atomic E-state index is -6.16. The van der Waals surface area contributed by atoms with Crippen molar-refractivity contribution in [1.82, 2.24) is 0 Å². The van der Waals surface area contributed by atoms with Crippen molar-refractivity contribution >= 4 is 0 Å². The normalized spacial score (nSPS) is 44.1. The van der Waals surface area contributed by atoms with E-state index in [0.717, 1.165) is 0 Å². The van der Waals surface area contributed by atoms with Crippen molar-refractivity contribution in [2.45, 2.75) is 35.8 Å². The number of fused-ring (bicyclic) bond motifs is 3. The lowest BCUT2D eigenvalue weighted by molar-refractivity contribution is -0.479. The quantitative estimate of drug-likeness (QED) is 0.598. The van der Waals surface area contributed by atoms with Crippen molar-refractivity contribution in [3.63, 3.8) is 0 Å². The van der Waals surface area contributed by atoms with E-state index in [2.05, 4.69) is 0 Å². The Balaban J connectivity index is 2.78. The second-order valence-corrected chi connectivity index (χ2v) is 4.48. The maximum atomic E-state index is 13.0. The molecule has 2 bridgehead atoms. The summed E-state index contributed by atoms with van der Waals surface area (Å²) in [5.41, 5.74) is 0. The fraction of sp³-hybridized carbons (Fsp3) is 1.00. The van der Waals surface area contributed by atoms with Gasteiger partial charge in [-0.1, -0.05) is 0 Å². The number of hydrogen-bond donors (Lipinski definition) is 0. The second-order valence-electron chi connectivity index (χ2n) is 4.48. The number of rotatable bonds is 0. The van der Waals surface area contributed by atoms with Crippen LogP contribution in [0.1, 0.15) is 0 Å². The van der Waals surface area contributed by atoms with Gasteiger partial charge in [-0.3, -0.25) is 0 Å². The Bertz CT molecular complexity index is 383. The molecule has 3 fully saturated rings. The van der Waals surface area contributed by atoms with Crippen LogP contribution in [-0.4, -0.2) is 35.8 Å². The molecule has 11 heteroatoms. The van der Waals surface area contributed by atoms with E-state index < -0.39 is 47.6 Å². The Kier molecular flexibility index (Phi) is 2.39. The van der Waals surface area contributed by atoms with Gasteiger partial charge in [0.2, 0.25) is 0 Å². The van der Waals surface area contributed by atoms with Gasteiger partial charge in [-0.15, -0.1) is 0 Å². The van der Waals surface area contributed by atoms with Gasteiger partial charge >= 0.3 is 23.7 Å². The first-order valence-electron chi connectivity index (χ1n) is 4.67. The summed E-state index contributed by atoms with van der Waals surface area (Å²) in [6.07, 6.45) is -4.50. The molecule has 0 aromatic carbocycles. The average molecular weight is 308 g/mol. The highest BCUT2D eigenvalue weighted by molar-refractivity contribution is 5.25. The largest absolute Gasteiger partial charge is 0.325 e. The van der Waals surface area contributed by atoms with Crippen LogP contribution in [0.5, 0.6) is 0 Å². The van der Waals surface area contributed by atoms with Gasteiger partial charge in [0.05, 0.1) is 0 Å². The average Bonchev–Trinajstić information content (AvgIpc) is 2.10. The van der Waals surface area contributed by atoms with Gasteiger partial charge < -0.3 is 0 Å². The summed E-state index contributed by atoms with van der Waals surface area (Å²) >= 11 is 0. The van der Waals surface area contributed by atoms with E-state index in [4.69, 9.17) is 0 Å². The molecular formula is C8H3F11. The Hall–Kier alpha value is -0.770. The topological polar surface area (TPSA) is 0 Å². The smallest absolute Gasteiger partial charge is 0.240 e. The summed E-state index contributed by atoms with van der Waals surface area (Å²) in [4.78, 5) is 0.